The highest BCUT2D eigenvalue weighted by Gasteiger charge is 2.24. The van der Waals surface area contributed by atoms with Crippen molar-refractivity contribution in [1.29, 1.82) is 0 Å². The van der Waals surface area contributed by atoms with Crippen molar-refractivity contribution in [1.82, 2.24) is 10.2 Å². The molecule has 6 heteroatoms. The van der Waals surface area contributed by atoms with Crippen molar-refractivity contribution in [2.75, 3.05) is 13.1 Å². The zero-order valence-corrected chi connectivity index (χ0v) is 14.1. The minimum atomic E-state index is -0.0972. The van der Waals surface area contributed by atoms with Gasteiger partial charge in [0, 0.05) is 25.4 Å². The summed E-state index contributed by atoms with van der Waals surface area (Å²) < 4.78 is 0. The lowest BCUT2D eigenvalue weighted by molar-refractivity contribution is -0.147. The molecule has 2 amide bonds. The van der Waals surface area contributed by atoms with Gasteiger partial charge in [0.05, 0.1) is 6.54 Å². The fraction of sp³-hybridized carbons (Fsp3) is 0.812. The Kier molecular flexibility index (Phi) is 7.91. The number of imide groups is 1. The summed E-state index contributed by atoms with van der Waals surface area (Å²) in [6.45, 7) is 7.20. The second-order valence-electron chi connectivity index (χ2n) is 6.43. The van der Waals surface area contributed by atoms with Gasteiger partial charge in [-0.3, -0.25) is 19.5 Å². The number of piperidine rings is 1. The van der Waals surface area contributed by atoms with Gasteiger partial charge in [0.2, 0.25) is 11.8 Å². The van der Waals surface area contributed by atoms with Crippen LogP contribution in [0.3, 0.4) is 0 Å². The third kappa shape index (κ3) is 6.91. The number of nitrogens with zero attached hydrogens (tertiary/aromatic N) is 2. The molecule has 3 N–H and O–H groups in total. The Balaban J connectivity index is 2.27. The predicted octanol–water partition coefficient (Wildman–Crippen LogP) is 1.64. The molecular formula is C16H30N4O2. The number of likely N-dealkylation sites (tertiary alicyclic amines) is 1. The lowest BCUT2D eigenvalue weighted by Gasteiger charge is -2.24. The number of hydrogen-bond acceptors (Lipinski definition) is 3. The van der Waals surface area contributed by atoms with Gasteiger partial charge in [-0.2, -0.15) is 0 Å². The van der Waals surface area contributed by atoms with Crippen LogP contribution in [0.5, 0.6) is 0 Å². The second kappa shape index (κ2) is 9.43. The molecule has 6 nitrogen and oxygen atoms in total. The van der Waals surface area contributed by atoms with Gasteiger partial charge in [-0.05, 0) is 25.7 Å². The number of nitrogens with one attached hydrogen (secondary N) is 1. The van der Waals surface area contributed by atoms with Crippen LogP contribution in [-0.2, 0) is 9.59 Å². The monoisotopic (exact) mass is 310 g/mol. The van der Waals surface area contributed by atoms with E-state index in [0.717, 1.165) is 18.8 Å². The molecular weight excluding hydrogens is 280 g/mol. The standard InChI is InChI=1S/C16H30N4O2/c1-12(2)6-4-7-13(3)19-16(17)18-10-11-20-14(21)8-5-9-15(20)22/h12-13H,4-11H2,1-3H3,(H3,17,18,19). The van der Waals surface area contributed by atoms with E-state index >= 15 is 0 Å². The Morgan fingerprint density at radius 1 is 1.23 bits per heavy atom. The fourth-order valence-corrected chi connectivity index (χ4v) is 2.52. The number of aliphatic imine (C=N–C) groups is 1. The summed E-state index contributed by atoms with van der Waals surface area (Å²) in [6.07, 6.45) is 5.00. The molecule has 0 bridgehead atoms. The number of nitrogens with two attached hydrogens (primary N) is 1. The zero-order chi connectivity index (χ0) is 16.5. The van der Waals surface area contributed by atoms with Crippen LogP contribution in [0.25, 0.3) is 0 Å². The average Bonchev–Trinajstić information content (AvgIpc) is 2.41. The maximum absolute atomic E-state index is 11.6. The minimum Gasteiger partial charge on any atom is -0.370 e. The maximum Gasteiger partial charge on any atom is 0.229 e. The molecule has 1 atom stereocenters. The van der Waals surface area contributed by atoms with Crippen LogP contribution in [-0.4, -0.2) is 41.8 Å². The van der Waals surface area contributed by atoms with Crippen molar-refractivity contribution in [3.05, 3.63) is 0 Å². The Labute approximate surface area is 133 Å². The highest BCUT2D eigenvalue weighted by atomic mass is 16.2. The quantitative estimate of drug-likeness (QED) is 0.405. The number of amides is 2. The first-order chi connectivity index (χ1) is 10.4. The van der Waals surface area contributed by atoms with E-state index in [0.29, 0.717) is 38.3 Å². The van der Waals surface area contributed by atoms with Crippen molar-refractivity contribution in [2.45, 2.75) is 65.3 Å². The van der Waals surface area contributed by atoms with Gasteiger partial charge in [-0.1, -0.05) is 26.7 Å². The molecule has 1 aliphatic rings. The topological polar surface area (TPSA) is 87.8 Å². The van der Waals surface area contributed by atoms with E-state index in [9.17, 15) is 9.59 Å². The lowest BCUT2D eigenvalue weighted by atomic mass is 10.0. The Morgan fingerprint density at radius 2 is 1.86 bits per heavy atom. The van der Waals surface area contributed by atoms with Gasteiger partial charge < -0.3 is 11.1 Å². The van der Waals surface area contributed by atoms with E-state index < -0.39 is 0 Å². The van der Waals surface area contributed by atoms with Crippen LogP contribution in [0.15, 0.2) is 4.99 Å². The van der Waals surface area contributed by atoms with E-state index in [2.05, 4.69) is 31.1 Å². The van der Waals surface area contributed by atoms with E-state index in [4.69, 9.17) is 5.73 Å². The van der Waals surface area contributed by atoms with Gasteiger partial charge >= 0.3 is 0 Å². The Morgan fingerprint density at radius 3 is 2.45 bits per heavy atom. The smallest absolute Gasteiger partial charge is 0.229 e. The van der Waals surface area contributed by atoms with Crippen LogP contribution in [0.2, 0.25) is 0 Å². The number of carbonyl (C=O) groups is 2. The van der Waals surface area contributed by atoms with Gasteiger partial charge in [-0.25, -0.2) is 0 Å². The molecule has 0 aliphatic carbocycles. The van der Waals surface area contributed by atoms with Crippen molar-refractivity contribution < 1.29 is 9.59 Å². The zero-order valence-electron chi connectivity index (χ0n) is 14.1. The summed E-state index contributed by atoms with van der Waals surface area (Å²) in [6, 6.07) is 0.278. The average molecular weight is 310 g/mol. The summed E-state index contributed by atoms with van der Waals surface area (Å²) in [4.78, 5) is 28.8. The summed E-state index contributed by atoms with van der Waals surface area (Å²) >= 11 is 0. The molecule has 1 saturated heterocycles. The van der Waals surface area contributed by atoms with Gasteiger partial charge in [0.1, 0.15) is 0 Å². The molecule has 0 aromatic rings. The fourth-order valence-electron chi connectivity index (χ4n) is 2.52. The minimum absolute atomic E-state index is 0.0972. The van der Waals surface area contributed by atoms with Crippen LogP contribution < -0.4 is 11.1 Å². The van der Waals surface area contributed by atoms with E-state index in [1.807, 2.05) is 0 Å². The molecule has 0 radical (unpaired) electrons. The second-order valence-corrected chi connectivity index (χ2v) is 6.43. The summed E-state index contributed by atoms with van der Waals surface area (Å²) in [7, 11) is 0. The Hall–Kier alpha value is -1.59. The highest BCUT2D eigenvalue weighted by molar-refractivity contribution is 5.97. The van der Waals surface area contributed by atoms with Crippen molar-refractivity contribution in [3.63, 3.8) is 0 Å². The maximum atomic E-state index is 11.6. The molecule has 126 valence electrons. The predicted molar refractivity (Wildman–Crippen MR) is 88.3 cm³/mol. The molecule has 0 aromatic carbocycles. The molecule has 1 fully saturated rings. The van der Waals surface area contributed by atoms with E-state index in [1.165, 1.54) is 11.3 Å². The Bertz CT molecular complexity index is 391. The number of rotatable bonds is 8. The molecule has 1 unspecified atom stereocenters. The largest absolute Gasteiger partial charge is 0.370 e. The first-order valence-corrected chi connectivity index (χ1v) is 8.29. The summed E-state index contributed by atoms with van der Waals surface area (Å²) in [5.41, 5.74) is 5.84. The van der Waals surface area contributed by atoms with E-state index in [-0.39, 0.29) is 17.9 Å². The number of carbonyl (C=O) groups excluding carboxylic acids is 2. The SMILES string of the molecule is CC(C)CCCC(C)NC(N)=NCCN1C(=O)CCCC1=O. The van der Waals surface area contributed by atoms with Crippen LogP contribution in [0, 0.1) is 5.92 Å². The summed E-state index contributed by atoms with van der Waals surface area (Å²) in [5, 5.41) is 3.15. The lowest BCUT2D eigenvalue weighted by Crippen LogP contribution is -2.42. The van der Waals surface area contributed by atoms with Crippen molar-refractivity contribution in [3.8, 4) is 0 Å². The van der Waals surface area contributed by atoms with Crippen LogP contribution in [0.1, 0.15) is 59.3 Å². The number of guanidine groups is 1. The van der Waals surface area contributed by atoms with Gasteiger partial charge in [0.15, 0.2) is 5.96 Å². The first-order valence-electron chi connectivity index (χ1n) is 8.29. The normalized spacial score (nSPS) is 18.0. The highest BCUT2D eigenvalue weighted by Crippen LogP contribution is 2.11. The third-order valence-corrected chi connectivity index (χ3v) is 3.80. The molecule has 1 heterocycles. The summed E-state index contributed by atoms with van der Waals surface area (Å²) in [5.74, 6) is 0.909. The molecule has 0 saturated carbocycles. The van der Waals surface area contributed by atoms with Crippen LogP contribution in [0.4, 0.5) is 0 Å². The number of hydrogen-bond donors (Lipinski definition) is 2. The van der Waals surface area contributed by atoms with Crippen molar-refractivity contribution in [2.24, 2.45) is 16.6 Å². The van der Waals surface area contributed by atoms with Crippen LogP contribution >= 0.6 is 0 Å². The van der Waals surface area contributed by atoms with Gasteiger partial charge in [-0.15, -0.1) is 0 Å². The molecule has 1 aliphatic heterocycles. The van der Waals surface area contributed by atoms with Crippen molar-refractivity contribution >= 4 is 17.8 Å². The molecule has 0 aromatic heterocycles. The third-order valence-electron chi connectivity index (χ3n) is 3.80. The molecule has 0 spiro atoms. The van der Waals surface area contributed by atoms with Gasteiger partial charge in [0.25, 0.3) is 0 Å². The molecule has 1 rings (SSSR count). The van der Waals surface area contributed by atoms with E-state index in [1.54, 1.807) is 0 Å². The molecule has 22 heavy (non-hydrogen) atoms. The first kappa shape index (κ1) is 18.5.